The molecule has 0 atom stereocenters. The van der Waals surface area contributed by atoms with E-state index < -0.39 is 0 Å². The van der Waals surface area contributed by atoms with Crippen molar-refractivity contribution in [3.05, 3.63) is 29.8 Å². The molecular weight excluding hydrogens is 252 g/mol. The largest absolute Gasteiger partial charge is 0.415 e. The molecule has 4 nitrogen and oxygen atoms in total. The highest BCUT2D eigenvalue weighted by Crippen LogP contribution is 2.23. The van der Waals surface area contributed by atoms with E-state index in [4.69, 9.17) is 11.2 Å². The van der Waals surface area contributed by atoms with Gasteiger partial charge in [-0.25, -0.2) is 4.79 Å². The molecule has 1 aromatic rings. The van der Waals surface area contributed by atoms with Crippen molar-refractivity contribution in [2.75, 3.05) is 26.2 Å². The van der Waals surface area contributed by atoms with Gasteiger partial charge in [0.25, 0.3) is 0 Å². The fraction of sp³-hybridized carbons (Fsp3) is 0.438. The lowest BCUT2D eigenvalue weighted by atomic mass is 10.1. The van der Waals surface area contributed by atoms with E-state index in [1.165, 1.54) is 0 Å². The van der Waals surface area contributed by atoms with E-state index >= 15 is 0 Å². The molecule has 0 N–H and O–H groups in total. The second kappa shape index (κ2) is 5.56. The lowest BCUT2D eigenvalue weighted by Gasteiger charge is -2.30. The molecule has 104 valence electrons. The number of rotatable bonds is 1. The Hall–Kier alpha value is -1.99. The number of fused-ring (bicyclic) bond motifs is 4. The molecule has 0 radical (unpaired) electrons. The van der Waals surface area contributed by atoms with E-state index in [9.17, 15) is 4.79 Å². The van der Waals surface area contributed by atoms with Crippen LogP contribution in [0.25, 0.3) is 0 Å². The zero-order valence-corrected chi connectivity index (χ0v) is 11.4. The molecule has 4 heteroatoms. The van der Waals surface area contributed by atoms with Crippen LogP contribution in [-0.2, 0) is 0 Å². The van der Waals surface area contributed by atoms with Gasteiger partial charge in [-0.15, -0.1) is 6.42 Å². The normalized spacial score (nSPS) is 24.9. The monoisotopic (exact) mass is 270 g/mol. The highest BCUT2D eigenvalue weighted by molar-refractivity contribution is 5.72. The maximum Gasteiger partial charge on any atom is 0.415 e. The number of amides is 1. The van der Waals surface area contributed by atoms with Crippen molar-refractivity contribution in [3.63, 3.8) is 0 Å². The number of carbonyl (C=O) groups excluding carboxylic acids is 1. The molecule has 4 rings (SSSR count). The first-order valence-electron chi connectivity index (χ1n) is 7.04. The average molecular weight is 270 g/mol. The van der Waals surface area contributed by atoms with Gasteiger partial charge in [-0.1, -0.05) is 18.1 Å². The van der Waals surface area contributed by atoms with Crippen molar-refractivity contribution in [3.8, 4) is 18.1 Å². The zero-order chi connectivity index (χ0) is 13.9. The molecule has 3 aliphatic heterocycles. The van der Waals surface area contributed by atoms with E-state index in [0.29, 0.717) is 17.4 Å². The van der Waals surface area contributed by atoms with Crippen molar-refractivity contribution < 1.29 is 9.53 Å². The highest BCUT2D eigenvalue weighted by Gasteiger charge is 2.33. The van der Waals surface area contributed by atoms with Gasteiger partial charge >= 0.3 is 6.09 Å². The third-order valence-electron chi connectivity index (χ3n) is 4.13. The van der Waals surface area contributed by atoms with E-state index in [0.717, 1.165) is 39.0 Å². The number of hydrogen-bond donors (Lipinski definition) is 0. The first kappa shape index (κ1) is 13.0. The highest BCUT2D eigenvalue weighted by atomic mass is 16.6. The molecule has 2 bridgehead atoms. The molecule has 3 aliphatic rings. The topological polar surface area (TPSA) is 32.8 Å². The number of piperidine rings is 1. The summed E-state index contributed by atoms with van der Waals surface area (Å²) in [6.07, 6.45) is 7.22. The quantitative estimate of drug-likeness (QED) is 0.731. The summed E-state index contributed by atoms with van der Waals surface area (Å²) in [5.41, 5.74) is 0.615. The zero-order valence-electron chi connectivity index (χ0n) is 11.4. The molecule has 0 unspecified atom stereocenters. The van der Waals surface area contributed by atoms with E-state index in [1.54, 1.807) is 12.1 Å². The van der Waals surface area contributed by atoms with Gasteiger partial charge in [0.1, 0.15) is 5.75 Å². The summed E-state index contributed by atoms with van der Waals surface area (Å²) in [6, 6.07) is 7.49. The molecule has 0 aromatic heterocycles. The minimum atomic E-state index is -0.276. The maximum absolute atomic E-state index is 12.4. The van der Waals surface area contributed by atoms with Crippen LogP contribution in [0.2, 0.25) is 0 Å². The second-order valence-corrected chi connectivity index (χ2v) is 5.27. The smallest absolute Gasteiger partial charge is 0.409 e. The van der Waals surface area contributed by atoms with Crippen LogP contribution in [0.4, 0.5) is 4.79 Å². The van der Waals surface area contributed by atoms with Crippen LogP contribution >= 0.6 is 0 Å². The molecule has 3 heterocycles. The molecule has 3 fully saturated rings. The van der Waals surface area contributed by atoms with Crippen LogP contribution < -0.4 is 4.74 Å². The SMILES string of the molecule is C#Cc1ccccc1OC(=O)N1CCN2CCC1CC2. The van der Waals surface area contributed by atoms with Gasteiger partial charge in [-0.05, 0) is 25.0 Å². The number of carbonyl (C=O) groups is 1. The first-order valence-corrected chi connectivity index (χ1v) is 7.04. The molecule has 1 amide bonds. The Balaban J connectivity index is 1.74. The lowest BCUT2D eigenvalue weighted by molar-refractivity contribution is 0.131. The van der Waals surface area contributed by atoms with Gasteiger partial charge in [0, 0.05) is 32.2 Å². The molecule has 1 aromatic carbocycles. The van der Waals surface area contributed by atoms with Gasteiger partial charge in [0.15, 0.2) is 0 Å². The number of para-hydroxylation sites is 1. The number of nitrogens with zero attached hydrogens (tertiary/aromatic N) is 2. The summed E-state index contributed by atoms with van der Waals surface area (Å²) in [5.74, 6) is 3.02. The van der Waals surface area contributed by atoms with Gasteiger partial charge in [0.2, 0.25) is 0 Å². The van der Waals surface area contributed by atoms with Crippen LogP contribution in [0, 0.1) is 12.3 Å². The number of benzene rings is 1. The molecular formula is C16H18N2O2. The minimum Gasteiger partial charge on any atom is -0.409 e. The predicted molar refractivity (Wildman–Crippen MR) is 76.6 cm³/mol. The van der Waals surface area contributed by atoms with Crippen molar-refractivity contribution in [2.24, 2.45) is 0 Å². The Kier molecular flexibility index (Phi) is 3.62. The molecule has 0 saturated carbocycles. The Morgan fingerprint density at radius 1 is 1.20 bits per heavy atom. The summed E-state index contributed by atoms with van der Waals surface area (Å²) in [7, 11) is 0. The Morgan fingerprint density at radius 3 is 2.70 bits per heavy atom. The summed E-state index contributed by atoms with van der Waals surface area (Å²) in [6.45, 7) is 3.83. The first-order chi connectivity index (χ1) is 9.78. The molecule has 3 saturated heterocycles. The van der Waals surface area contributed by atoms with E-state index in [-0.39, 0.29) is 6.09 Å². The van der Waals surface area contributed by atoms with E-state index in [1.807, 2.05) is 17.0 Å². The fourth-order valence-corrected chi connectivity index (χ4v) is 2.95. The minimum absolute atomic E-state index is 0.276. The van der Waals surface area contributed by atoms with Crippen LogP contribution in [-0.4, -0.2) is 48.1 Å². The van der Waals surface area contributed by atoms with Crippen LogP contribution in [0.15, 0.2) is 24.3 Å². The van der Waals surface area contributed by atoms with Crippen molar-refractivity contribution >= 4 is 6.09 Å². The van der Waals surface area contributed by atoms with Gasteiger partial charge in [-0.2, -0.15) is 0 Å². The predicted octanol–water partition coefficient (Wildman–Crippen LogP) is 1.95. The number of terminal acetylenes is 1. The molecule has 0 aliphatic carbocycles. The summed E-state index contributed by atoms with van der Waals surface area (Å²) in [5, 5.41) is 0. The standard InChI is InChI=1S/C16H18N2O2/c1-2-13-5-3-4-6-15(13)20-16(19)18-12-11-17-9-7-14(18)8-10-17/h1,3-6,14H,7-12H2. The Labute approximate surface area is 119 Å². The Morgan fingerprint density at radius 2 is 1.95 bits per heavy atom. The maximum atomic E-state index is 12.4. The van der Waals surface area contributed by atoms with Crippen LogP contribution in [0.3, 0.4) is 0 Å². The fourth-order valence-electron chi connectivity index (χ4n) is 2.95. The van der Waals surface area contributed by atoms with E-state index in [2.05, 4.69) is 10.8 Å². The third-order valence-corrected chi connectivity index (χ3v) is 4.13. The van der Waals surface area contributed by atoms with Crippen LogP contribution in [0.5, 0.6) is 5.75 Å². The Bertz CT molecular complexity index is 542. The van der Waals surface area contributed by atoms with Crippen LogP contribution in [0.1, 0.15) is 18.4 Å². The van der Waals surface area contributed by atoms with Crippen molar-refractivity contribution in [1.82, 2.24) is 9.80 Å². The van der Waals surface area contributed by atoms with Gasteiger partial charge in [0.05, 0.1) is 5.56 Å². The summed E-state index contributed by atoms with van der Waals surface area (Å²) >= 11 is 0. The summed E-state index contributed by atoms with van der Waals surface area (Å²) in [4.78, 5) is 16.7. The molecule has 0 spiro atoms. The molecule has 20 heavy (non-hydrogen) atoms. The second-order valence-electron chi connectivity index (χ2n) is 5.27. The number of hydrogen-bond acceptors (Lipinski definition) is 3. The van der Waals surface area contributed by atoms with Crippen molar-refractivity contribution in [2.45, 2.75) is 18.9 Å². The third kappa shape index (κ3) is 2.50. The van der Waals surface area contributed by atoms with Gasteiger partial charge in [-0.3, -0.25) is 0 Å². The van der Waals surface area contributed by atoms with Crippen molar-refractivity contribution in [1.29, 1.82) is 0 Å². The average Bonchev–Trinajstić information content (AvgIpc) is 2.81. The lowest BCUT2D eigenvalue weighted by Crippen LogP contribution is -2.43. The number of ether oxygens (including phenoxy) is 1. The summed E-state index contributed by atoms with van der Waals surface area (Å²) < 4.78 is 5.51. The van der Waals surface area contributed by atoms with Gasteiger partial charge < -0.3 is 14.5 Å².